The van der Waals surface area contributed by atoms with Crippen molar-refractivity contribution in [1.82, 2.24) is 5.32 Å². The van der Waals surface area contributed by atoms with Gasteiger partial charge in [0.05, 0.1) is 18.6 Å². The van der Waals surface area contributed by atoms with E-state index in [0.29, 0.717) is 10.7 Å². The maximum Gasteiger partial charge on any atom is 0.152 e. The van der Waals surface area contributed by atoms with Gasteiger partial charge in [0.15, 0.2) is 9.84 Å². The first-order valence-corrected chi connectivity index (χ1v) is 9.47. The summed E-state index contributed by atoms with van der Waals surface area (Å²) in [5.41, 5.74) is 1.15. The lowest BCUT2D eigenvalue weighted by Crippen LogP contribution is -2.32. The van der Waals surface area contributed by atoms with E-state index < -0.39 is 9.84 Å². The predicted octanol–water partition coefficient (Wildman–Crippen LogP) is 1.99. The quantitative estimate of drug-likeness (QED) is 0.852. The second kappa shape index (κ2) is 6.78. The molecule has 1 aromatic rings. The van der Waals surface area contributed by atoms with E-state index in [-0.39, 0.29) is 17.5 Å². The third-order valence-electron chi connectivity index (χ3n) is 3.08. The SMILES string of the molecule is COc1ccc(CSC(=S)NC2CCS(=O)(=O)C2)cc1. The van der Waals surface area contributed by atoms with E-state index in [9.17, 15) is 8.42 Å². The zero-order valence-corrected chi connectivity index (χ0v) is 13.6. The van der Waals surface area contributed by atoms with Crippen LogP contribution in [0.4, 0.5) is 0 Å². The van der Waals surface area contributed by atoms with Gasteiger partial charge in [-0.15, -0.1) is 0 Å². The Bertz CT molecular complexity index is 569. The molecule has 0 saturated carbocycles. The molecule has 0 aromatic heterocycles. The zero-order chi connectivity index (χ0) is 14.6. The van der Waals surface area contributed by atoms with Crippen LogP contribution in [-0.4, -0.2) is 37.4 Å². The first-order chi connectivity index (χ1) is 9.48. The normalized spacial score (nSPS) is 20.6. The first kappa shape index (κ1) is 15.6. The largest absolute Gasteiger partial charge is 0.497 e. The van der Waals surface area contributed by atoms with Gasteiger partial charge in [0.25, 0.3) is 0 Å². The fourth-order valence-corrected chi connectivity index (χ4v) is 4.74. The Morgan fingerprint density at radius 2 is 2.15 bits per heavy atom. The number of thioether (sulfide) groups is 1. The van der Waals surface area contributed by atoms with Gasteiger partial charge in [0.2, 0.25) is 0 Å². The number of methoxy groups -OCH3 is 1. The van der Waals surface area contributed by atoms with Crippen molar-refractivity contribution in [3.05, 3.63) is 29.8 Å². The molecule has 4 nitrogen and oxygen atoms in total. The van der Waals surface area contributed by atoms with Crippen LogP contribution in [0.25, 0.3) is 0 Å². The van der Waals surface area contributed by atoms with Crippen LogP contribution in [0.3, 0.4) is 0 Å². The molecule has 0 amide bonds. The molecule has 110 valence electrons. The molecule has 1 heterocycles. The lowest BCUT2D eigenvalue weighted by atomic mass is 10.2. The van der Waals surface area contributed by atoms with Crippen LogP contribution in [0.2, 0.25) is 0 Å². The van der Waals surface area contributed by atoms with E-state index in [4.69, 9.17) is 17.0 Å². The van der Waals surface area contributed by atoms with E-state index >= 15 is 0 Å². The van der Waals surface area contributed by atoms with E-state index in [1.807, 2.05) is 24.3 Å². The standard InChI is InChI=1S/C13H17NO3S3/c1-17-12-4-2-10(3-5-12)8-19-13(18)14-11-6-7-20(15,16)9-11/h2-5,11H,6-9H2,1H3,(H,14,18). The van der Waals surface area contributed by atoms with Crippen LogP contribution in [0.1, 0.15) is 12.0 Å². The Morgan fingerprint density at radius 3 is 2.70 bits per heavy atom. The zero-order valence-electron chi connectivity index (χ0n) is 11.2. The molecule has 20 heavy (non-hydrogen) atoms. The van der Waals surface area contributed by atoms with Crippen LogP contribution in [0.15, 0.2) is 24.3 Å². The lowest BCUT2D eigenvalue weighted by molar-refractivity contribution is 0.414. The maximum absolute atomic E-state index is 11.4. The number of rotatable bonds is 4. The van der Waals surface area contributed by atoms with Crippen molar-refractivity contribution < 1.29 is 13.2 Å². The third kappa shape index (κ3) is 4.64. The number of ether oxygens (including phenoxy) is 1. The molecule has 0 bridgehead atoms. The van der Waals surface area contributed by atoms with Crippen molar-refractivity contribution in [2.75, 3.05) is 18.6 Å². The number of benzene rings is 1. The summed E-state index contributed by atoms with van der Waals surface area (Å²) in [6.45, 7) is 0. The van der Waals surface area contributed by atoms with Crippen molar-refractivity contribution in [1.29, 1.82) is 0 Å². The Balaban J connectivity index is 1.77. The summed E-state index contributed by atoms with van der Waals surface area (Å²) in [5.74, 6) is 2.04. The van der Waals surface area contributed by atoms with Crippen LogP contribution >= 0.6 is 24.0 Å². The van der Waals surface area contributed by atoms with Gasteiger partial charge in [-0.05, 0) is 24.1 Å². The second-order valence-electron chi connectivity index (χ2n) is 4.67. The van der Waals surface area contributed by atoms with Crippen LogP contribution in [0.5, 0.6) is 5.75 Å². The molecule has 1 saturated heterocycles. The molecule has 7 heteroatoms. The summed E-state index contributed by atoms with van der Waals surface area (Å²) in [6, 6.07) is 7.78. The molecule has 1 fully saturated rings. The third-order valence-corrected chi connectivity index (χ3v) is 6.18. The topological polar surface area (TPSA) is 55.4 Å². The van der Waals surface area contributed by atoms with Crippen LogP contribution in [0, 0.1) is 0 Å². The molecule has 1 N–H and O–H groups in total. The summed E-state index contributed by atoms with van der Waals surface area (Å²) < 4.78 is 28.5. The first-order valence-electron chi connectivity index (χ1n) is 6.25. The molecule has 0 spiro atoms. The molecule has 1 unspecified atom stereocenters. The number of thiocarbonyl (C=S) groups is 1. The fraction of sp³-hybridized carbons (Fsp3) is 0.462. The average molecular weight is 331 g/mol. The van der Waals surface area contributed by atoms with Gasteiger partial charge in [0, 0.05) is 11.8 Å². The van der Waals surface area contributed by atoms with Crippen molar-refractivity contribution >= 4 is 38.1 Å². The average Bonchev–Trinajstić information content (AvgIpc) is 2.76. The Labute approximate surface area is 129 Å². The van der Waals surface area contributed by atoms with Gasteiger partial charge < -0.3 is 10.1 Å². The number of hydrogen-bond acceptors (Lipinski definition) is 5. The second-order valence-corrected chi connectivity index (χ2v) is 8.55. The summed E-state index contributed by atoms with van der Waals surface area (Å²) in [5, 5.41) is 3.12. The van der Waals surface area contributed by atoms with Gasteiger partial charge in [-0.1, -0.05) is 36.1 Å². The van der Waals surface area contributed by atoms with Gasteiger partial charge in [-0.2, -0.15) is 0 Å². The fourth-order valence-electron chi connectivity index (χ4n) is 1.99. The maximum atomic E-state index is 11.4. The highest BCUT2D eigenvalue weighted by Gasteiger charge is 2.28. The van der Waals surface area contributed by atoms with E-state index in [2.05, 4.69) is 5.32 Å². The predicted molar refractivity (Wildman–Crippen MR) is 87.1 cm³/mol. The van der Waals surface area contributed by atoms with Crippen molar-refractivity contribution in [2.45, 2.75) is 18.2 Å². The molecule has 1 aliphatic rings. The smallest absolute Gasteiger partial charge is 0.152 e. The Kier molecular flexibility index (Phi) is 5.29. The molecule has 1 aliphatic heterocycles. The molecule has 1 aromatic carbocycles. The van der Waals surface area contributed by atoms with Crippen molar-refractivity contribution in [3.63, 3.8) is 0 Å². The van der Waals surface area contributed by atoms with Crippen LogP contribution < -0.4 is 10.1 Å². The highest BCUT2D eigenvalue weighted by Crippen LogP contribution is 2.18. The van der Waals surface area contributed by atoms with E-state index in [1.54, 1.807) is 7.11 Å². The Morgan fingerprint density at radius 1 is 1.45 bits per heavy atom. The summed E-state index contributed by atoms with van der Waals surface area (Å²) in [6.07, 6.45) is 0.644. The number of nitrogens with one attached hydrogen (secondary N) is 1. The van der Waals surface area contributed by atoms with Gasteiger partial charge >= 0.3 is 0 Å². The van der Waals surface area contributed by atoms with Gasteiger partial charge in [0.1, 0.15) is 10.1 Å². The van der Waals surface area contributed by atoms with E-state index in [0.717, 1.165) is 17.1 Å². The molecular weight excluding hydrogens is 314 g/mol. The van der Waals surface area contributed by atoms with Gasteiger partial charge in [-0.3, -0.25) is 0 Å². The molecule has 2 rings (SSSR count). The minimum absolute atomic E-state index is 0.0316. The molecule has 0 aliphatic carbocycles. The van der Waals surface area contributed by atoms with Crippen molar-refractivity contribution in [3.8, 4) is 5.75 Å². The highest BCUT2D eigenvalue weighted by molar-refractivity contribution is 8.22. The van der Waals surface area contributed by atoms with E-state index in [1.165, 1.54) is 11.8 Å². The monoisotopic (exact) mass is 331 g/mol. The molecule has 1 atom stereocenters. The van der Waals surface area contributed by atoms with Crippen LogP contribution in [-0.2, 0) is 15.6 Å². The minimum Gasteiger partial charge on any atom is -0.497 e. The summed E-state index contributed by atoms with van der Waals surface area (Å²) >= 11 is 6.76. The Hall–Kier alpha value is -0.790. The summed E-state index contributed by atoms with van der Waals surface area (Å²) in [7, 11) is -1.22. The highest BCUT2D eigenvalue weighted by atomic mass is 32.2. The molecule has 0 radical (unpaired) electrons. The number of sulfone groups is 1. The van der Waals surface area contributed by atoms with Crippen molar-refractivity contribution in [2.24, 2.45) is 0 Å². The number of hydrogen-bond donors (Lipinski definition) is 1. The molecular formula is C13H17NO3S3. The lowest BCUT2D eigenvalue weighted by Gasteiger charge is -2.12. The van der Waals surface area contributed by atoms with Gasteiger partial charge in [-0.25, -0.2) is 8.42 Å². The summed E-state index contributed by atoms with van der Waals surface area (Å²) in [4.78, 5) is 0. The minimum atomic E-state index is -2.86.